The number of rotatable bonds is 6. The van der Waals surface area contributed by atoms with E-state index in [9.17, 15) is 4.79 Å². The number of ether oxygens (including phenoxy) is 1. The predicted octanol–water partition coefficient (Wildman–Crippen LogP) is 3.76. The molecule has 1 aromatic carbocycles. The van der Waals surface area contributed by atoms with Gasteiger partial charge >= 0.3 is 0 Å². The van der Waals surface area contributed by atoms with E-state index in [0.29, 0.717) is 19.0 Å². The molecule has 28 heavy (non-hydrogen) atoms. The molecule has 1 saturated heterocycles. The van der Waals surface area contributed by atoms with Gasteiger partial charge in [-0.25, -0.2) is 0 Å². The number of ketones is 1. The minimum atomic E-state index is 0.121. The van der Waals surface area contributed by atoms with Crippen molar-refractivity contribution in [2.75, 3.05) is 37.0 Å². The van der Waals surface area contributed by atoms with Gasteiger partial charge in [0.15, 0.2) is 10.9 Å². The SMILES string of the molecule is Cc1ccc(C(=O)CSc2nnc(N3CCOCC3)n2-c2ccccc2C)s1. The first-order valence-corrected chi connectivity index (χ1v) is 11.0. The van der Waals surface area contributed by atoms with Crippen LogP contribution in [0.25, 0.3) is 5.69 Å². The molecule has 0 radical (unpaired) electrons. The van der Waals surface area contributed by atoms with Crippen LogP contribution in [-0.2, 0) is 4.74 Å². The summed E-state index contributed by atoms with van der Waals surface area (Å²) in [7, 11) is 0. The van der Waals surface area contributed by atoms with Crippen molar-refractivity contribution in [3.63, 3.8) is 0 Å². The summed E-state index contributed by atoms with van der Waals surface area (Å²) in [6.45, 7) is 7.01. The Labute approximate surface area is 172 Å². The zero-order valence-corrected chi connectivity index (χ0v) is 17.6. The number of aryl methyl sites for hydroxylation is 2. The quantitative estimate of drug-likeness (QED) is 0.452. The minimum Gasteiger partial charge on any atom is -0.378 e. The smallest absolute Gasteiger partial charge is 0.232 e. The van der Waals surface area contributed by atoms with Crippen molar-refractivity contribution < 1.29 is 9.53 Å². The Morgan fingerprint density at radius 1 is 1.14 bits per heavy atom. The molecule has 0 atom stereocenters. The summed E-state index contributed by atoms with van der Waals surface area (Å²) >= 11 is 2.97. The molecule has 0 unspecified atom stereocenters. The number of morpholine rings is 1. The van der Waals surface area contributed by atoms with Gasteiger partial charge in [0.25, 0.3) is 0 Å². The highest BCUT2D eigenvalue weighted by molar-refractivity contribution is 7.99. The third-order valence-electron chi connectivity index (χ3n) is 4.61. The number of thioether (sulfide) groups is 1. The van der Waals surface area contributed by atoms with E-state index in [2.05, 4.69) is 38.7 Å². The molecule has 4 rings (SSSR count). The number of anilines is 1. The van der Waals surface area contributed by atoms with Crippen LogP contribution >= 0.6 is 23.1 Å². The monoisotopic (exact) mass is 414 g/mol. The lowest BCUT2D eigenvalue weighted by molar-refractivity contribution is 0.102. The van der Waals surface area contributed by atoms with Gasteiger partial charge in [-0.15, -0.1) is 21.5 Å². The van der Waals surface area contributed by atoms with E-state index in [0.717, 1.165) is 45.2 Å². The number of benzene rings is 1. The van der Waals surface area contributed by atoms with Gasteiger partial charge in [-0.3, -0.25) is 9.36 Å². The topological polar surface area (TPSA) is 60.3 Å². The number of aromatic nitrogens is 3. The normalized spacial score (nSPS) is 14.4. The van der Waals surface area contributed by atoms with Crippen LogP contribution in [0.4, 0.5) is 5.95 Å². The van der Waals surface area contributed by atoms with Crippen LogP contribution in [-0.4, -0.2) is 52.6 Å². The molecule has 8 heteroatoms. The molecule has 146 valence electrons. The third-order valence-corrected chi connectivity index (χ3v) is 6.58. The number of nitrogens with zero attached hydrogens (tertiary/aromatic N) is 4. The van der Waals surface area contributed by atoms with Crippen LogP contribution in [0.15, 0.2) is 41.6 Å². The average molecular weight is 415 g/mol. The van der Waals surface area contributed by atoms with Crippen molar-refractivity contribution in [2.24, 2.45) is 0 Å². The highest BCUT2D eigenvalue weighted by Gasteiger charge is 2.23. The molecule has 0 N–H and O–H groups in total. The van der Waals surface area contributed by atoms with Crippen LogP contribution in [0.5, 0.6) is 0 Å². The summed E-state index contributed by atoms with van der Waals surface area (Å²) in [4.78, 5) is 16.7. The summed E-state index contributed by atoms with van der Waals surface area (Å²) in [6, 6.07) is 12.1. The molecule has 0 bridgehead atoms. The summed E-state index contributed by atoms with van der Waals surface area (Å²) in [5.74, 6) is 1.27. The van der Waals surface area contributed by atoms with Crippen LogP contribution < -0.4 is 4.90 Å². The summed E-state index contributed by atoms with van der Waals surface area (Å²) < 4.78 is 7.55. The fourth-order valence-electron chi connectivity index (χ4n) is 3.13. The molecular formula is C20H22N4O2S2. The molecule has 0 aliphatic carbocycles. The molecule has 1 aliphatic rings. The second-order valence-corrected chi connectivity index (χ2v) is 8.86. The highest BCUT2D eigenvalue weighted by atomic mass is 32.2. The summed E-state index contributed by atoms with van der Waals surface area (Å²) in [5.41, 5.74) is 2.18. The molecule has 0 saturated carbocycles. The van der Waals surface area contributed by atoms with Crippen molar-refractivity contribution >= 4 is 34.8 Å². The van der Waals surface area contributed by atoms with Gasteiger partial charge in [0.2, 0.25) is 5.95 Å². The van der Waals surface area contributed by atoms with E-state index in [1.54, 1.807) is 0 Å². The molecule has 3 aromatic rings. The lowest BCUT2D eigenvalue weighted by Crippen LogP contribution is -2.38. The van der Waals surface area contributed by atoms with E-state index in [-0.39, 0.29) is 5.78 Å². The first kappa shape index (κ1) is 19.2. The van der Waals surface area contributed by atoms with Gasteiger partial charge in [-0.2, -0.15) is 0 Å². The van der Waals surface area contributed by atoms with E-state index >= 15 is 0 Å². The Kier molecular flexibility index (Phi) is 5.79. The van der Waals surface area contributed by atoms with Crippen LogP contribution in [0.2, 0.25) is 0 Å². The summed E-state index contributed by atoms with van der Waals surface area (Å²) in [6.07, 6.45) is 0. The maximum absolute atomic E-state index is 12.6. The standard InChI is InChI=1S/C20H22N4O2S2/c1-14-5-3-4-6-16(14)24-19(23-9-11-26-12-10-23)21-22-20(24)27-13-17(25)18-8-7-15(2)28-18/h3-8H,9-13H2,1-2H3. The fourth-order valence-corrected chi connectivity index (χ4v) is 4.85. The van der Waals surface area contributed by atoms with Gasteiger partial charge in [-0.05, 0) is 37.6 Å². The largest absolute Gasteiger partial charge is 0.378 e. The second-order valence-electron chi connectivity index (χ2n) is 6.63. The van der Waals surface area contributed by atoms with Gasteiger partial charge in [-0.1, -0.05) is 30.0 Å². The lowest BCUT2D eigenvalue weighted by Gasteiger charge is -2.28. The first-order valence-electron chi connectivity index (χ1n) is 9.20. The molecule has 0 amide bonds. The van der Waals surface area contributed by atoms with Crippen molar-refractivity contribution in [1.82, 2.24) is 14.8 Å². The zero-order chi connectivity index (χ0) is 19.5. The maximum atomic E-state index is 12.6. The molecule has 3 heterocycles. The van der Waals surface area contributed by atoms with Crippen molar-refractivity contribution in [1.29, 1.82) is 0 Å². The van der Waals surface area contributed by atoms with E-state index in [1.807, 2.05) is 31.2 Å². The Morgan fingerprint density at radius 3 is 2.64 bits per heavy atom. The molecule has 1 aliphatic heterocycles. The second kappa shape index (κ2) is 8.46. The minimum absolute atomic E-state index is 0.121. The Hall–Kier alpha value is -2.16. The van der Waals surface area contributed by atoms with Crippen LogP contribution in [0, 0.1) is 13.8 Å². The van der Waals surface area contributed by atoms with Crippen LogP contribution in [0.1, 0.15) is 20.1 Å². The van der Waals surface area contributed by atoms with E-state index in [4.69, 9.17) is 4.74 Å². The predicted molar refractivity (Wildman–Crippen MR) is 113 cm³/mol. The van der Waals surface area contributed by atoms with Gasteiger partial charge in [0, 0.05) is 18.0 Å². The summed E-state index contributed by atoms with van der Waals surface area (Å²) in [5, 5.41) is 9.62. The number of carbonyl (C=O) groups is 1. The Morgan fingerprint density at radius 2 is 1.93 bits per heavy atom. The first-order chi connectivity index (χ1) is 13.6. The highest BCUT2D eigenvalue weighted by Crippen LogP contribution is 2.29. The fraction of sp³-hybridized carbons (Fsp3) is 0.350. The number of para-hydroxylation sites is 1. The Balaban J connectivity index is 1.64. The van der Waals surface area contributed by atoms with Crippen LogP contribution in [0.3, 0.4) is 0 Å². The molecular weight excluding hydrogens is 392 g/mol. The van der Waals surface area contributed by atoms with Gasteiger partial charge in [0.1, 0.15) is 0 Å². The molecule has 1 fully saturated rings. The number of hydrogen-bond donors (Lipinski definition) is 0. The molecule has 0 spiro atoms. The van der Waals surface area contributed by atoms with Gasteiger partial charge in [0.05, 0.1) is 29.5 Å². The number of Topliss-reactive ketones (excluding diaryl/α,β-unsaturated/α-hetero) is 1. The number of thiophene rings is 1. The zero-order valence-electron chi connectivity index (χ0n) is 15.9. The van der Waals surface area contributed by atoms with Crippen molar-refractivity contribution in [3.05, 3.63) is 51.7 Å². The molecule has 6 nitrogen and oxygen atoms in total. The lowest BCUT2D eigenvalue weighted by atomic mass is 10.2. The Bertz CT molecular complexity index is 976. The third kappa shape index (κ3) is 3.99. The van der Waals surface area contributed by atoms with E-state index in [1.165, 1.54) is 23.1 Å². The van der Waals surface area contributed by atoms with Crippen molar-refractivity contribution in [3.8, 4) is 5.69 Å². The molecule has 2 aromatic heterocycles. The maximum Gasteiger partial charge on any atom is 0.232 e. The van der Waals surface area contributed by atoms with E-state index < -0.39 is 0 Å². The average Bonchev–Trinajstić information content (AvgIpc) is 3.33. The number of hydrogen-bond acceptors (Lipinski definition) is 7. The van der Waals surface area contributed by atoms with Gasteiger partial charge < -0.3 is 9.64 Å². The number of carbonyl (C=O) groups excluding carboxylic acids is 1. The van der Waals surface area contributed by atoms with Crippen molar-refractivity contribution in [2.45, 2.75) is 19.0 Å².